The zero-order chi connectivity index (χ0) is 15.0. The highest BCUT2D eigenvalue weighted by molar-refractivity contribution is 5.53. The molecular weight excluding hydrogens is 279 g/mol. The lowest BCUT2D eigenvalue weighted by Gasteiger charge is -2.12. The molecule has 0 unspecified atom stereocenters. The van der Waals surface area contributed by atoms with E-state index in [1.165, 1.54) is 12.1 Å². The number of hydrogen-bond acceptors (Lipinski definition) is 2. The average Bonchev–Trinajstić information content (AvgIpc) is 2.83. The number of imidazole rings is 1. The van der Waals surface area contributed by atoms with E-state index in [2.05, 4.69) is 4.98 Å². The maximum atomic E-state index is 13.0. The number of fused-ring (bicyclic) bond motifs is 1. The Bertz CT molecular complexity index is 790. The first kappa shape index (κ1) is 13.5. The quantitative estimate of drug-likeness (QED) is 0.785. The second kappa shape index (κ2) is 4.80. The lowest BCUT2D eigenvalue weighted by atomic mass is 10.0. The highest BCUT2D eigenvalue weighted by Crippen LogP contribution is 2.32. The predicted octanol–water partition coefficient (Wildman–Crippen LogP) is 3.53. The molecule has 21 heavy (non-hydrogen) atoms. The lowest BCUT2D eigenvalue weighted by molar-refractivity contribution is -0.138. The molecule has 2 heterocycles. The lowest BCUT2D eigenvalue weighted by Crippen LogP contribution is -2.10. The molecule has 2 aromatic heterocycles. The fourth-order valence-electron chi connectivity index (χ4n) is 2.39. The van der Waals surface area contributed by atoms with Gasteiger partial charge in [-0.3, -0.25) is 4.40 Å². The van der Waals surface area contributed by atoms with Crippen LogP contribution in [-0.2, 0) is 12.6 Å². The third-order valence-electron chi connectivity index (χ3n) is 3.33. The van der Waals surface area contributed by atoms with Gasteiger partial charge in [-0.15, -0.1) is 0 Å². The Morgan fingerprint density at radius 1 is 1.05 bits per heavy atom. The van der Waals surface area contributed by atoms with Crippen LogP contribution in [0.1, 0.15) is 17.0 Å². The summed E-state index contributed by atoms with van der Waals surface area (Å²) in [6.07, 6.45) is -2.71. The molecule has 3 rings (SSSR count). The van der Waals surface area contributed by atoms with Crippen molar-refractivity contribution in [3.63, 3.8) is 0 Å². The number of aromatic nitrogens is 2. The smallest absolute Gasteiger partial charge is 0.385 e. The Kier molecular flexibility index (Phi) is 3.08. The van der Waals surface area contributed by atoms with Gasteiger partial charge >= 0.3 is 6.18 Å². The van der Waals surface area contributed by atoms with E-state index < -0.39 is 11.7 Å². The van der Waals surface area contributed by atoms with Crippen LogP contribution in [0.3, 0.4) is 0 Å². The summed E-state index contributed by atoms with van der Waals surface area (Å²) >= 11 is 0. The molecule has 6 heteroatoms. The van der Waals surface area contributed by atoms with Crippen LogP contribution in [0, 0.1) is 0 Å². The Morgan fingerprint density at radius 2 is 1.81 bits per heavy atom. The van der Waals surface area contributed by atoms with E-state index in [9.17, 15) is 13.2 Å². The van der Waals surface area contributed by atoms with Crippen LogP contribution in [0.15, 0.2) is 48.7 Å². The molecule has 108 valence electrons. The first-order valence-corrected chi connectivity index (χ1v) is 6.33. The summed E-state index contributed by atoms with van der Waals surface area (Å²) in [7, 11) is 0. The maximum absolute atomic E-state index is 13.0. The minimum atomic E-state index is -4.38. The highest BCUT2D eigenvalue weighted by Gasteiger charge is 2.33. The van der Waals surface area contributed by atoms with Crippen molar-refractivity contribution in [3.05, 3.63) is 65.6 Å². The van der Waals surface area contributed by atoms with Crippen molar-refractivity contribution in [2.75, 3.05) is 5.73 Å². The topological polar surface area (TPSA) is 43.3 Å². The van der Waals surface area contributed by atoms with Gasteiger partial charge in [-0.1, -0.05) is 24.3 Å². The first-order chi connectivity index (χ1) is 9.97. The molecule has 0 aliphatic heterocycles. The highest BCUT2D eigenvalue weighted by atomic mass is 19.4. The van der Waals surface area contributed by atoms with E-state index in [1.807, 2.05) is 6.07 Å². The second-order valence-electron chi connectivity index (χ2n) is 4.72. The second-order valence-corrected chi connectivity index (χ2v) is 4.72. The van der Waals surface area contributed by atoms with E-state index in [0.717, 1.165) is 11.6 Å². The maximum Gasteiger partial charge on any atom is 0.416 e. The summed E-state index contributed by atoms with van der Waals surface area (Å²) in [5, 5.41) is 0. The number of benzene rings is 1. The normalized spacial score (nSPS) is 12.0. The Morgan fingerprint density at radius 3 is 2.57 bits per heavy atom. The zero-order valence-corrected chi connectivity index (χ0v) is 10.9. The number of alkyl halides is 3. The van der Waals surface area contributed by atoms with Gasteiger partial charge in [-0.2, -0.15) is 13.2 Å². The van der Waals surface area contributed by atoms with Crippen molar-refractivity contribution in [1.29, 1.82) is 0 Å². The van der Waals surface area contributed by atoms with Crippen molar-refractivity contribution in [3.8, 4) is 0 Å². The number of rotatable bonds is 2. The number of pyridine rings is 1. The molecule has 0 saturated heterocycles. The van der Waals surface area contributed by atoms with Crippen molar-refractivity contribution in [2.45, 2.75) is 12.6 Å². The van der Waals surface area contributed by atoms with Crippen LogP contribution in [0.4, 0.5) is 19.0 Å². The molecule has 0 aliphatic rings. The minimum absolute atomic E-state index is 0.0675. The minimum Gasteiger partial charge on any atom is -0.385 e. The molecule has 2 N–H and O–H groups in total. The summed E-state index contributed by atoms with van der Waals surface area (Å²) in [5.74, 6) is 0.935. The molecule has 3 nitrogen and oxygen atoms in total. The molecule has 3 aromatic rings. The van der Waals surface area contributed by atoms with Gasteiger partial charge in [-0.25, -0.2) is 4.98 Å². The number of hydrogen-bond donors (Lipinski definition) is 1. The summed E-state index contributed by atoms with van der Waals surface area (Å²) in [4.78, 5) is 4.19. The first-order valence-electron chi connectivity index (χ1n) is 6.33. The van der Waals surface area contributed by atoms with Crippen molar-refractivity contribution in [2.24, 2.45) is 0 Å². The number of halogens is 3. The Balaban J connectivity index is 2.08. The number of nitrogens with zero attached hydrogens (tertiary/aromatic N) is 2. The van der Waals surface area contributed by atoms with Gasteiger partial charge in [0.05, 0.1) is 17.3 Å². The monoisotopic (exact) mass is 291 g/mol. The van der Waals surface area contributed by atoms with E-state index in [-0.39, 0.29) is 12.0 Å². The largest absolute Gasteiger partial charge is 0.416 e. The third kappa shape index (κ3) is 2.44. The van der Waals surface area contributed by atoms with Gasteiger partial charge in [-0.05, 0) is 23.8 Å². The van der Waals surface area contributed by atoms with Gasteiger partial charge < -0.3 is 5.73 Å². The number of nitrogen functional groups attached to an aromatic ring is 1. The fourth-order valence-corrected chi connectivity index (χ4v) is 2.39. The van der Waals surface area contributed by atoms with Crippen LogP contribution in [0.2, 0.25) is 0 Å². The standard InChI is InChI=1S/C15H12F3N3/c16-15(17,18)12-6-2-1-4-10(12)8-14-20-9-11-5-3-7-13(19)21(11)14/h1-7,9H,8,19H2. The average molecular weight is 291 g/mol. The third-order valence-corrected chi connectivity index (χ3v) is 3.33. The van der Waals surface area contributed by atoms with Crippen molar-refractivity contribution >= 4 is 11.3 Å². The van der Waals surface area contributed by atoms with E-state index in [4.69, 9.17) is 5.73 Å². The van der Waals surface area contributed by atoms with Gasteiger partial charge in [0.1, 0.15) is 11.6 Å². The summed E-state index contributed by atoms with van der Waals surface area (Å²) in [6, 6.07) is 10.8. The fraction of sp³-hybridized carbons (Fsp3) is 0.133. The summed E-state index contributed by atoms with van der Waals surface area (Å²) in [6.45, 7) is 0. The molecular formula is C15H12F3N3. The molecule has 0 radical (unpaired) electrons. The van der Waals surface area contributed by atoms with Crippen LogP contribution in [-0.4, -0.2) is 9.38 Å². The molecule has 0 atom stereocenters. The molecule has 0 spiro atoms. The molecule has 0 bridgehead atoms. The summed E-state index contributed by atoms with van der Waals surface area (Å²) in [5.41, 5.74) is 6.18. The predicted molar refractivity (Wildman–Crippen MR) is 73.9 cm³/mol. The Labute approximate surface area is 118 Å². The van der Waals surface area contributed by atoms with Crippen LogP contribution in [0.25, 0.3) is 5.52 Å². The van der Waals surface area contributed by atoms with Crippen LogP contribution < -0.4 is 5.73 Å². The molecule has 0 aliphatic carbocycles. The van der Waals surface area contributed by atoms with Crippen LogP contribution in [0.5, 0.6) is 0 Å². The number of nitrogens with two attached hydrogens (primary N) is 1. The van der Waals surface area contributed by atoms with E-state index in [1.54, 1.807) is 28.8 Å². The molecule has 0 saturated carbocycles. The van der Waals surface area contributed by atoms with Crippen molar-refractivity contribution < 1.29 is 13.2 Å². The Hall–Kier alpha value is -2.50. The van der Waals surface area contributed by atoms with Gasteiger partial charge in [0.2, 0.25) is 0 Å². The van der Waals surface area contributed by atoms with E-state index in [0.29, 0.717) is 11.6 Å². The summed E-state index contributed by atoms with van der Waals surface area (Å²) < 4.78 is 40.7. The van der Waals surface area contributed by atoms with Crippen LogP contribution >= 0.6 is 0 Å². The SMILES string of the molecule is Nc1cccc2cnc(Cc3ccccc3C(F)(F)F)n12. The number of anilines is 1. The molecule has 0 fully saturated rings. The van der Waals surface area contributed by atoms with Gasteiger partial charge in [0, 0.05) is 6.42 Å². The molecule has 0 amide bonds. The van der Waals surface area contributed by atoms with E-state index >= 15 is 0 Å². The molecule has 1 aromatic carbocycles. The van der Waals surface area contributed by atoms with Gasteiger partial charge in [0.25, 0.3) is 0 Å². The zero-order valence-electron chi connectivity index (χ0n) is 10.9. The van der Waals surface area contributed by atoms with Gasteiger partial charge in [0.15, 0.2) is 0 Å². The van der Waals surface area contributed by atoms with Crippen molar-refractivity contribution in [1.82, 2.24) is 9.38 Å².